The first-order valence-corrected chi connectivity index (χ1v) is 8.93. The van der Waals surface area contributed by atoms with Gasteiger partial charge in [0.25, 0.3) is 0 Å². The van der Waals surface area contributed by atoms with Crippen molar-refractivity contribution in [2.45, 2.75) is 24.7 Å². The van der Waals surface area contributed by atoms with Gasteiger partial charge in [-0.3, -0.25) is 0 Å². The van der Waals surface area contributed by atoms with Gasteiger partial charge in [-0.1, -0.05) is 18.2 Å². The summed E-state index contributed by atoms with van der Waals surface area (Å²) < 4.78 is 15.5. The molecule has 0 saturated heterocycles. The number of hydrogen-bond acceptors (Lipinski definition) is 7. The van der Waals surface area contributed by atoms with E-state index in [0.29, 0.717) is 12.0 Å². The van der Waals surface area contributed by atoms with Gasteiger partial charge < -0.3 is 35.1 Å². The Morgan fingerprint density at radius 2 is 1.90 bits per heavy atom. The van der Waals surface area contributed by atoms with E-state index in [2.05, 4.69) is 10.6 Å². The Kier molecular flexibility index (Phi) is 7.63. The van der Waals surface area contributed by atoms with Crippen molar-refractivity contribution in [1.82, 2.24) is 10.6 Å². The maximum atomic E-state index is 12.3. The van der Waals surface area contributed by atoms with Crippen molar-refractivity contribution in [3.8, 4) is 11.5 Å². The molecule has 4 N–H and O–H groups in total. The van der Waals surface area contributed by atoms with Gasteiger partial charge in [0.05, 0.1) is 7.11 Å². The second kappa shape index (κ2) is 9.94. The van der Waals surface area contributed by atoms with Crippen LogP contribution in [0.4, 0.5) is 4.79 Å². The molecule has 1 aromatic carbocycles. The van der Waals surface area contributed by atoms with E-state index >= 15 is 0 Å². The monoisotopic (exact) mass is 406 g/mol. The van der Waals surface area contributed by atoms with Crippen molar-refractivity contribution in [2.75, 3.05) is 27.9 Å². The number of phenolic OH excluding ortho intramolecular Hbond substituents is 2. The molecule has 0 saturated carbocycles. The highest BCUT2D eigenvalue weighted by atomic mass is 16.7. The number of carbonyl (C=O) groups is 2. The molecule has 0 heterocycles. The summed E-state index contributed by atoms with van der Waals surface area (Å²) in [5.74, 6) is -2.08. The Morgan fingerprint density at radius 1 is 1.17 bits per heavy atom. The lowest BCUT2D eigenvalue weighted by Gasteiger charge is -2.30. The first-order chi connectivity index (χ1) is 13.8. The van der Waals surface area contributed by atoms with Crippen LogP contribution in [-0.4, -0.2) is 61.9 Å². The maximum absolute atomic E-state index is 12.3. The molecule has 2 amide bonds. The molecule has 9 nitrogen and oxygen atoms in total. The van der Waals surface area contributed by atoms with Crippen molar-refractivity contribution >= 4 is 12.0 Å². The Morgan fingerprint density at radius 3 is 2.52 bits per heavy atom. The van der Waals surface area contributed by atoms with Gasteiger partial charge in [-0.25, -0.2) is 9.59 Å². The Balaban J connectivity index is 1.96. The molecule has 158 valence electrons. The van der Waals surface area contributed by atoms with Crippen LogP contribution in [0.5, 0.6) is 11.5 Å². The Bertz CT molecular complexity index is 800. The van der Waals surface area contributed by atoms with E-state index < -0.39 is 23.8 Å². The average molecular weight is 406 g/mol. The third-order valence-electron chi connectivity index (χ3n) is 4.59. The van der Waals surface area contributed by atoms with E-state index in [1.807, 2.05) is 6.08 Å². The lowest BCUT2D eigenvalue weighted by molar-refractivity contribution is -0.169. The first kappa shape index (κ1) is 22.3. The number of carbonyl (C=O) groups excluding carboxylic acids is 2. The number of urea groups is 1. The lowest BCUT2D eigenvalue weighted by atomic mass is 9.99. The summed E-state index contributed by atoms with van der Waals surface area (Å²) in [5, 5.41) is 24.3. The van der Waals surface area contributed by atoms with Gasteiger partial charge in [0.15, 0.2) is 17.3 Å². The second-order valence-corrected chi connectivity index (χ2v) is 6.51. The molecule has 1 aromatic rings. The molecule has 2 rings (SSSR count). The van der Waals surface area contributed by atoms with Crippen LogP contribution in [0.15, 0.2) is 42.0 Å². The minimum Gasteiger partial charge on any atom is -0.504 e. The van der Waals surface area contributed by atoms with Crippen molar-refractivity contribution in [2.24, 2.45) is 0 Å². The van der Waals surface area contributed by atoms with Crippen LogP contribution in [-0.2, 0) is 25.4 Å². The summed E-state index contributed by atoms with van der Waals surface area (Å²) in [6.45, 7) is 0.235. The quantitative estimate of drug-likeness (QED) is 0.292. The van der Waals surface area contributed by atoms with Gasteiger partial charge in [-0.15, -0.1) is 0 Å². The smallest absolute Gasteiger partial charge is 0.328 e. The molecule has 0 bridgehead atoms. The minimum atomic E-state index is -0.971. The predicted octanol–water partition coefficient (Wildman–Crippen LogP) is 1.36. The molecule has 0 aliphatic heterocycles. The van der Waals surface area contributed by atoms with Crippen LogP contribution in [0.1, 0.15) is 12.0 Å². The summed E-state index contributed by atoms with van der Waals surface area (Å²) >= 11 is 0. The standard InChI is InChI=1S/C20H26N2O7/c1-27-18(25)15(9-13-6-7-16(23)17(24)10-13)22-19(26)21-12-14-5-4-8-20(11-14,28-2)29-3/h4-8,10,15,23-24H,9,11-12H2,1-3H3,(H2,21,22,26). The second-order valence-electron chi connectivity index (χ2n) is 6.51. The number of rotatable bonds is 8. The summed E-state index contributed by atoms with van der Waals surface area (Å²) in [4.78, 5) is 24.3. The van der Waals surface area contributed by atoms with Crippen LogP contribution in [0, 0.1) is 0 Å². The zero-order valence-corrected chi connectivity index (χ0v) is 16.6. The number of nitrogens with one attached hydrogen (secondary N) is 2. The zero-order chi connectivity index (χ0) is 21.4. The number of phenols is 2. The van der Waals surface area contributed by atoms with Crippen LogP contribution >= 0.6 is 0 Å². The molecule has 1 aliphatic rings. The molecule has 29 heavy (non-hydrogen) atoms. The van der Waals surface area contributed by atoms with Gasteiger partial charge >= 0.3 is 12.0 Å². The fraction of sp³-hybridized carbons (Fsp3) is 0.400. The van der Waals surface area contributed by atoms with Crippen molar-refractivity contribution < 1.29 is 34.0 Å². The Labute approximate surface area is 169 Å². The topological polar surface area (TPSA) is 126 Å². The highest BCUT2D eigenvalue weighted by molar-refractivity contribution is 5.83. The van der Waals surface area contributed by atoms with Crippen LogP contribution in [0.25, 0.3) is 0 Å². The van der Waals surface area contributed by atoms with Gasteiger partial charge in [0, 0.05) is 33.6 Å². The molecular weight excluding hydrogens is 380 g/mol. The highest BCUT2D eigenvalue weighted by Gasteiger charge is 2.29. The number of methoxy groups -OCH3 is 3. The largest absolute Gasteiger partial charge is 0.504 e. The third kappa shape index (κ3) is 5.97. The summed E-state index contributed by atoms with van der Waals surface area (Å²) in [7, 11) is 4.30. The molecule has 9 heteroatoms. The number of esters is 1. The normalized spacial score (nSPS) is 15.9. The summed E-state index contributed by atoms with van der Waals surface area (Å²) in [6.07, 6.45) is 5.96. The van der Waals surface area contributed by atoms with E-state index in [1.54, 1.807) is 32.4 Å². The SMILES string of the molecule is COC(=O)C(Cc1ccc(O)c(O)c1)NC(=O)NCC1=CC=CC(OC)(OC)C1. The van der Waals surface area contributed by atoms with E-state index in [-0.39, 0.29) is 24.5 Å². The van der Waals surface area contributed by atoms with Crippen molar-refractivity contribution in [3.63, 3.8) is 0 Å². The number of hydrogen-bond donors (Lipinski definition) is 4. The molecule has 0 spiro atoms. The molecule has 0 fully saturated rings. The number of allylic oxidation sites excluding steroid dienone is 2. The highest BCUT2D eigenvalue weighted by Crippen LogP contribution is 2.27. The molecular formula is C20H26N2O7. The van der Waals surface area contributed by atoms with Gasteiger partial charge in [0.1, 0.15) is 6.04 Å². The molecule has 0 radical (unpaired) electrons. The molecule has 1 unspecified atom stereocenters. The van der Waals surface area contributed by atoms with Crippen molar-refractivity contribution in [1.29, 1.82) is 0 Å². The molecule has 1 atom stereocenters. The number of ether oxygens (including phenoxy) is 3. The van der Waals surface area contributed by atoms with Crippen LogP contribution < -0.4 is 10.6 Å². The third-order valence-corrected chi connectivity index (χ3v) is 4.59. The van der Waals surface area contributed by atoms with Gasteiger partial charge in [-0.05, 0) is 29.3 Å². The lowest BCUT2D eigenvalue weighted by Crippen LogP contribution is -2.48. The summed E-state index contributed by atoms with van der Waals surface area (Å²) in [6, 6.07) is 2.64. The molecule has 0 aromatic heterocycles. The van der Waals surface area contributed by atoms with E-state index in [4.69, 9.17) is 14.2 Å². The maximum Gasteiger partial charge on any atom is 0.328 e. The first-order valence-electron chi connectivity index (χ1n) is 8.93. The van der Waals surface area contributed by atoms with Crippen LogP contribution in [0.3, 0.4) is 0 Å². The minimum absolute atomic E-state index is 0.0792. The molecule has 1 aliphatic carbocycles. The predicted molar refractivity (Wildman–Crippen MR) is 104 cm³/mol. The number of benzene rings is 1. The summed E-state index contributed by atoms with van der Waals surface area (Å²) in [5.41, 5.74) is 1.42. The average Bonchev–Trinajstić information content (AvgIpc) is 2.73. The van der Waals surface area contributed by atoms with E-state index in [9.17, 15) is 19.8 Å². The van der Waals surface area contributed by atoms with Gasteiger partial charge in [0.2, 0.25) is 0 Å². The number of aromatic hydroxyl groups is 2. The fourth-order valence-corrected chi connectivity index (χ4v) is 2.92. The van der Waals surface area contributed by atoms with Gasteiger partial charge in [-0.2, -0.15) is 0 Å². The fourth-order valence-electron chi connectivity index (χ4n) is 2.92. The van der Waals surface area contributed by atoms with E-state index in [1.165, 1.54) is 19.2 Å². The Hall–Kier alpha value is -3.04. The van der Waals surface area contributed by atoms with Crippen LogP contribution in [0.2, 0.25) is 0 Å². The van der Waals surface area contributed by atoms with E-state index in [0.717, 1.165) is 5.57 Å². The number of amides is 2. The zero-order valence-electron chi connectivity index (χ0n) is 16.6. The van der Waals surface area contributed by atoms with Crippen molar-refractivity contribution in [3.05, 3.63) is 47.6 Å².